The predicted molar refractivity (Wildman–Crippen MR) is 80.8 cm³/mol. The van der Waals surface area contributed by atoms with Gasteiger partial charge in [0.25, 0.3) is 0 Å². The molecule has 0 aliphatic heterocycles. The molecule has 4 nitrogen and oxygen atoms in total. The van der Waals surface area contributed by atoms with Crippen molar-refractivity contribution in [3.05, 3.63) is 35.5 Å². The first-order chi connectivity index (χ1) is 9.59. The summed E-state index contributed by atoms with van der Waals surface area (Å²) >= 11 is 1.64. The second kappa shape index (κ2) is 4.83. The number of aromatic nitrogens is 3. The number of aromatic amines is 1. The topological polar surface area (TPSA) is 58.6 Å². The number of H-pyrrole nitrogens is 1. The van der Waals surface area contributed by atoms with Crippen molar-refractivity contribution < 1.29 is 4.79 Å². The van der Waals surface area contributed by atoms with Gasteiger partial charge in [0, 0.05) is 11.6 Å². The Labute approximate surface area is 120 Å². The Balaban J connectivity index is 2.06. The molecular formula is C15H15N3OS. The first-order valence-corrected chi connectivity index (χ1v) is 7.30. The highest BCUT2D eigenvalue weighted by atomic mass is 32.1. The van der Waals surface area contributed by atoms with E-state index in [1.165, 1.54) is 0 Å². The molecule has 1 N–H and O–H groups in total. The van der Waals surface area contributed by atoms with E-state index >= 15 is 0 Å². The molecule has 0 aliphatic carbocycles. The van der Waals surface area contributed by atoms with Crippen molar-refractivity contribution in [3.63, 3.8) is 0 Å². The number of carbonyl (C=O) groups excluding carboxylic acids is 1. The van der Waals surface area contributed by atoms with Gasteiger partial charge < -0.3 is 9.78 Å². The molecule has 102 valence electrons. The molecule has 3 heterocycles. The third-order valence-corrected chi connectivity index (χ3v) is 4.09. The van der Waals surface area contributed by atoms with Crippen LogP contribution in [0.5, 0.6) is 0 Å². The molecule has 0 atom stereocenters. The summed E-state index contributed by atoms with van der Waals surface area (Å²) in [7, 11) is 0. The number of thiophene rings is 1. The van der Waals surface area contributed by atoms with E-state index in [9.17, 15) is 4.79 Å². The minimum absolute atomic E-state index is 0.393. The van der Waals surface area contributed by atoms with Crippen LogP contribution in [0, 0.1) is 5.41 Å². The minimum atomic E-state index is -0.393. The minimum Gasteiger partial charge on any atom is -0.345 e. The largest absolute Gasteiger partial charge is 0.345 e. The Morgan fingerprint density at radius 1 is 1.45 bits per heavy atom. The number of rotatable bonds is 4. The van der Waals surface area contributed by atoms with Crippen LogP contribution in [0.1, 0.15) is 19.4 Å². The van der Waals surface area contributed by atoms with E-state index in [1.54, 1.807) is 17.5 Å². The van der Waals surface area contributed by atoms with E-state index in [4.69, 9.17) is 4.98 Å². The molecule has 0 fully saturated rings. The quantitative estimate of drug-likeness (QED) is 0.747. The molecule has 20 heavy (non-hydrogen) atoms. The van der Waals surface area contributed by atoms with Gasteiger partial charge in [-0.3, -0.25) is 0 Å². The molecule has 3 aromatic rings. The van der Waals surface area contributed by atoms with Crippen LogP contribution < -0.4 is 0 Å². The average molecular weight is 285 g/mol. The molecule has 0 aromatic carbocycles. The fourth-order valence-corrected chi connectivity index (χ4v) is 2.83. The van der Waals surface area contributed by atoms with Crippen LogP contribution in [0.4, 0.5) is 0 Å². The van der Waals surface area contributed by atoms with Crippen molar-refractivity contribution in [2.24, 2.45) is 5.41 Å². The Kier molecular flexibility index (Phi) is 3.14. The van der Waals surface area contributed by atoms with E-state index in [2.05, 4.69) is 9.97 Å². The van der Waals surface area contributed by atoms with E-state index in [0.717, 1.165) is 33.6 Å². The van der Waals surface area contributed by atoms with Gasteiger partial charge >= 0.3 is 0 Å². The molecule has 0 spiro atoms. The van der Waals surface area contributed by atoms with Gasteiger partial charge in [-0.05, 0) is 23.4 Å². The number of fused-ring (bicyclic) bond motifs is 1. The lowest BCUT2D eigenvalue weighted by Crippen LogP contribution is -2.16. The first-order valence-electron chi connectivity index (χ1n) is 6.42. The fraction of sp³-hybridized carbons (Fsp3) is 0.267. The van der Waals surface area contributed by atoms with Gasteiger partial charge in [-0.25, -0.2) is 9.97 Å². The van der Waals surface area contributed by atoms with Crippen molar-refractivity contribution in [1.29, 1.82) is 0 Å². The van der Waals surface area contributed by atoms with Crippen LogP contribution in [-0.4, -0.2) is 21.2 Å². The van der Waals surface area contributed by atoms with Crippen LogP contribution in [-0.2, 0) is 11.2 Å². The molecular weight excluding hydrogens is 270 g/mol. The Bertz CT molecular complexity index is 744. The van der Waals surface area contributed by atoms with Crippen molar-refractivity contribution in [2.75, 3.05) is 0 Å². The van der Waals surface area contributed by atoms with Crippen LogP contribution in [0.2, 0.25) is 0 Å². The molecule has 0 saturated carbocycles. The van der Waals surface area contributed by atoms with Gasteiger partial charge in [0.1, 0.15) is 11.8 Å². The van der Waals surface area contributed by atoms with E-state index in [-0.39, 0.29) is 0 Å². The van der Waals surface area contributed by atoms with Gasteiger partial charge in [0.2, 0.25) is 0 Å². The van der Waals surface area contributed by atoms with Crippen molar-refractivity contribution in [2.45, 2.75) is 20.3 Å². The van der Waals surface area contributed by atoms with Crippen LogP contribution in [0.15, 0.2) is 29.9 Å². The predicted octanol–water partition coefficient (Wildman–Crippen LogP) is 3.45. The summed E-state index contributed by atoms with van der Waals surface area (Å²) in [6.45, 7) is 3.85. The summed E-state index contributed by atoms with van der Waals surface area (Å²) in [5.74, 6) is 0. The maximum Gasteiger partial charge on any atom is 0.156 e. The number of carbonyl (C=O) groups is 1. The average Bonchev–Trinajstić information content (AvgIpc) is 3.08. The van der Waals surface area contributed by atoms with E-state index in [1.807, 2.05) is 37.6 Å². The molecule has 5 heteroatoms. The summed E-state index contributed by atoms with van der Waals surface area (Å²) in [4.78, 5) is 24.4. The summed E-state index contributed by atoms with van der Waals surface area (Å²) in [5, 5.41) is 2.02. The zero-order chi connectivity index (χ0) is 14.2. The number of nitrogens with zero attached hydrogens (tertiary/aromatic N) is 2. The zero-order valence-electron chi connectivity index (χ0n) is 11.4. The first kappa shape index (κ1) is 13.0. The molecule has 3 rings (SSSR count). The highest BCUT2D eigenvalue weighted by Gasteiger charge is 2.20. The summed E-state index contributed by atoms with van der Waals surface area (Å²) < 4.78 is 0. The molecule has 0 radical (unpaired) electrons. The second-order valence-corrected chi connectivity index (χ2v) is 6.47. The molecule has 0 aliphatic rings. The molecule has 0 bridgehead atoms. The number of hydrogen-bond acceptors (Lipinski definition) is 4. The van der Waals surface area contributed by atoms with Gasteiger partial charge in [-0.1, -0.05) is 19.9 Å². The van der Waals surface area contributed by atoms with E-state index < -0.39 is 5.41 Å². The normalized spacial score (nSPS) is 11.9. The zero-order valence-corrected chi connectivity index (χ0v) is 12.2. The monoisotopic (exact) mass is 285 g/mol. The number of hydrogen-bond donors (Lipinski definition) is 1. The summed E-state index contributed by atoms with van der Waals surface area (Å²) in [5.41, 5.74) is 3.13. The van der Waals surface area contributed by atoms with Crippen LogP contribution in [0.3, 0.4) is 0 Å². The van der Waals surface area contributed by atoms with Gasteiger partial charge in [-0.2, -0.15) is 0 Å². The highest BCUT2D eigenvalue weighted by molar-refractivity contribution is 7.13. The second-order valence-electron chi connectivity index (χ2n) is 5.53. The molecule has 0 amide bonds. The molecule has 0 saturated heterocycles. The fourth-order valence-electron chi connectivity index (χ4n) is 2.15. The smallest absolute Gasteiger partial charge is 0.156 e. The Hall–Kier alpha value is -2.01. The van der Waals surface area contributed by atoms with E-state index in [0.29, 0.717) is 6.42 Å². The number of aldehydes is 1. The van der Waals surface area contributed by atoms with Crippen LogP contribution in [0.25, 0.3) is 21.7 Å². The van der Waals surface area contributed by atoms with Crippen molar-refractivity contribution in [1.82, 2.24) is 15.0 Å². The van der Waals surface area contributed by atoms with Gasteiger partial charge in [-0.15, -0.1) is 11.3 Å². The van der Waals surface area contributed by atoms with Gasteiger partial charge in [0.15, 0.2) is 5.65 Å². The highest BCUT2D eigenvalue weighted by Crippen LogP contribution is 2.27. The van der Waals surface area contributed by atoms with Crippen LogP contribution >= 0.6 is 11.3 Å². The van der Waals surface area contributed by atoms with Gasteiger partial charge in [0.05, 0.1) is 16.8 Å². The summed E-state index contributed by atoms with van der Waals surface area (Å²) in [6, 6.07) is 4.03. The lowest BCUT2D eigenvalue weighted by molar-refractivity contribution is -0.114. The van der Waals surface area contributed by atoms with Crippen molar-refractivity contribution >= 4 is 28.8 Å². The SMILES string of the molecule is CC(C)(C=O)Cc1c[nH]c2ncc(-c3cccs3)nc12. The lowest BCUT2D eigenvalue weighted by atomic mass is 9.88. The number of nitrogens with one attached hydrogen (secondary N) is 1. The molecule has 3 aromatic heterocycles. The maximum atomic E-state index is 11.1. The molecule has 0 unspecified atom stereocenters. The third-order valence-electron chi connectivity index (χ3n) is 3.20. The summed E-state index contributed by atoms with van der Waals surface area (Å²) in [6.07, 6.45) is 5.31. The maximum absolute atomic E-state index is 11.1. The Morgan fingerprint density at radius 3 is 3.00 bits per heavy atom. The van der Waals surface area contributed by atoms with Crippen molar-refractivity contribution in [3.8, 4) is 10.6 Å². The Morgan fingerprint density at radius 2 is 2.30 bits per heavy atom. The third kappa shape index (κ3) is 2.36. The standard InChI is InChI=1S/C15H15N3OS/c1-15(2,9-19)6-10-7-16-14-13(10)18-11(8-17-14)12-4-3-5-20-12/h3-5,7-9H,6H2,1-2H3,(H,16,17). The lowest BCUT2D eigenvalue weighted by Gasteiger charge is -2.15.